The minimum absolute atomic E-state index is 0.165. The van der Waals surface area contributed by atoms with Gasteiger partial charge >= 0.3 is 17.9 Å². The second-order valence-electron chi connectivity index (χ2n) is 11.6. The predicted molar refractivity (Wildman–Crippen MR) is 164 cm³/mol. The average molecular weight is 569 g/mol. The van der Waals surface area contributed by atoms with Crippen LogP contribution in [0.5, 0.6) is 0 Å². The molecule has 0 aliphatic heterocycles. The number of carboxylic acid groups (broad SMARTS) is 1. The van der Waals surface area contributed by atoms with Crippen LogP contribution < -0.4 is 0 Å². The number of rotatable bonds is 30. The number of unbranched alkanes of at least 4 members (excludes halogenated alkanes) is 17. The summed E-state index contributed by atoms with van der Waals surface area (Å²) in [5, 5.41) is 8.84. The molecule has 0 aliphatic rings. The third-order valence-corrected chi connectivity index (χ3v) is 7.67. The molecule has 6 nitrogen and oxygen atoms in total. The molecule has 40 heavy (non-hydrogen) atoms. The predicted octanol–water partition coefficient (Wildman–Crippen LogP) is 10.1. The fourth-order valence-corrected chi connectivity index (χ4v) is 5.12. The van der Waals surface area contributed by atoms with Gasteiger partial charge in [-0.15, -0.1) is 0 Å². The second-order valence-corrected chi connectivity index (χ2v) is 11.6. The Morgan fingerprint density at radius 2 is 0.750 bits per heavy atom. The molecule has 236 valence electrons. The normalized spacial score (nSPS) is 12.7. The molecule has 0 saturated carbocycles. The molecule has 0 bridgehead atoms. The lowest BCUT2D eigenvalue weighted by atomic mass is 9.99. The van der Waals surface area contributed by atoms with Crippen LogP contribution in [0.4, 0.5) is 0 Å². The summed E-state index contributed by atoms with van der Waals surface area (Å²) < 4.78 is 12.1. The van der Waals surface area contributed by atoms with Crippen LogP contribution in [0.25, 0.3) is 0 Å². The number of carbonyl (C=O) groups is 3. The lowest BCUT2D eigenvalue weighted by Gasteiger charge is -2.27. The minimum atomic E-state index is -0.744. The first-order valence-corrected chi connectivity index (χ1v) is 17.0. The maximum absolute atomic E-state index is 12.8. The van der Waals surface area contributed by atoms with Crippen LogP contribution in [-0.2, 0) is 23.9 Å². The Morgan fingerprint density at radius 1 is 0.450 bits per heavy atom. The summed E-state index contributed by atoms with van der Waals surface area (Å²) >= 11 is 0. The first-order chi connectivity index (χ1) is 19.4. The van der Waals surface area contributed by atoms with E-state index in [1.165, 1.54) is 51.4 Å². The van der Waals surface area contributed by atoms with Crippen LogP contribution in [0.2, 0.25) is 0 Å². The molecule has 0 fully saturated rings. The summed E-state index contributed by atoms with van der Waals surface area (Å²) in [4.78, 5) is 36.4. The minimum Gasteiger partial charge on any atom is -0.481 e. The smallest absolute Gasteiger partial charge is 0.306 e. The molecule has 0 radical (unpaired) electrons. The Morgan fingerprint density at radius 3 is 1.10 bits per heavy atom. The molecule has 0 aromatic carbocycles. The van der Waals surface area contributed by atoms with Gasteiger partial charge in [0.15, 0.2) is 0 Å². The van der Waals surface area contributed by atoms with Gasteiger partial charge < -0.3 is 14.6 Å². The fourth-order valence-electron chi connectivity index (χ4n) is 5.12. The van der Waals surface area contributed by atoms with Gasteiger partial charge in [-0.1, -0.05) is 124 Å². The third-order valence-electron chi connectivity index (χ3n) is 7.67. The van der Waals surface area contributed by atoms with E-state index in [4.69, 9.17) is 14.6 Å². The molecule has 0 amide bonds. The van der Waals surface area contributed by atoms with E-state index in [2.05, 4.69) is 20.8 Å². The van der Waals surface area contributed by atoms with Gasteiger partial charge in [-0.05, 0) is 44.9 Å². The monoisotopic (exact) mass is 568 g/mol. The van der Waals surface area contributed by atoms with Crippen LogP contribution in [0.3, 0.4) is 0 Å². The van der Waals surface area contributed by atoms with Gasteiger partial charge in [0, 0.05) is 19.3 Å². The van der Waals surface area contributed by atoms with Crippen LogP contribution in [0.1, 0.15) is 188 Å². The fraction of sp³-hybridized carbons (Fsp3) is 0.912. The van der Waals surface area contributed by atoms with Crippen LogP contribution in [0, 0.1) is 0 Å². The zero-order valence-electron chi connectivity index (χ0n) is 26.5. The SMILES string of the molecule is CCCCCCCCC(OC(=O)CCCCCCC)C(CCCCCCCC(=O)O)OC(=O)CCCCCCC. The van der Waals surface area contributed by atoms with E-state index in [0.29, 0.717) is 25.7 Å². The topological polar surface area (TPSA) is 89.9 Å². The number of carboxylic acids is 1. The standard InChI is InChI=1S/C34H64O6/c1-4-7-10-13-17-20-25-30(39-33(37)28-23-15-11-8-5-2)31(26-21-18-14-19-22-27-32(35)36)40-34(38)29-24-16-12-9-6-3/h30-31H,4-29H2,1-3H3,(H,35,36). The van der Waals surface area contributed by atoms with E-state index in [-0.39, 0.29) is 24.5 Å². The van der Waals surface area contributed by atoms with E-state index < -0.39 is 12.1 Å². The van der Waals surface area contributed by atoms with Crippen molar-refractivity contribution in [2.45, 2.75) is 200 Å². The molecule has 2 unspecified atom stereocenters. The number of ether oxygens (including phenoxy) is 2. The van der Waals surface area contributed by atoms with Gasteiger partial charge in [0.1, 0.15) is 12.2 Å². The maximum atomic E-state index is 12.8. The van der Waals surface area contributed by atoms with Crippen molar-refractivity contribution in [2.24, 2.45) is 0 Å². The lowest BCUT2D eigenvalue weighted by Crippen LogP contribution is -2.35. The van der Waals surface area contributed by atoms with Crippen molar-refractivity contribution in [3.8, 4) is 0 Å². The Hall–Kier alpha value is -1.59. The highest BCUT2D eigenvalue weighted by Crippen LogP contribution is 2.22. The molecular formula is C34H64O6. The molecule has 6 heteroatoms. The summed E-state index contributed by atoms with van der Waals surface area (Å²) in [5.74, 6) is -1.08. The summed E-state index contributed by atoms with van der Waals surface area (Å²) in [6.07, 6.45) is 23.9. The molecular weight excluding hydrogens is 504 g/mol. The van der Waals surface area contributed by atoms with Crippen LogP contribution in [0.15, 0.2) is 0 Å². The van der Waals surface area contributed by atoms with Crippen molar-refractivity contribution >= 4 is 17.9 Å². The molecule has 0 heterocycles. The molecule has 1 N–H and O–H groups in total. The number of hydrogen-bond donors (Lipinski definition) is 1. The highest BCUT2D eigenvalue weighted by Gasteiger charge is 2.28. The highest BCUT2D eigenvalue weighted by molar-refractivity contribution is 5.70. The molecule has 0 aromatic heterocycles. The van der Waals surface area contributed by atoms with Gasteiger partial charge in [-0.2, -0.15) is 0 Å². The van der Waals surface area contributed by atoms with E-state index in [1.807, 2.05) is 0 Å². The van der Waals surface area contributed by atoms with Crippen molar-refractivity contribution in [3.05, 3.63) is 0 Å². The average Bonchev–Trinajstić information content (AvgIpc) is 2.92. The first kappa shape index (κ1) is 38.4. The summed E-state index contributed by atoms with van der Waals surface area (Å²) in [7, 11) is 0. The zero-order chi connectivity index (χ0) is 29.7. The summed E-state index contributed by atoms with van der Waals surface area (Å²) in [5.41, 5.74) is 0. The molecule has 2 atom stereocenters. The Labute approximate surface area is 246 Å². The molecule has 0 rings (SSSR count). The molecule has 0 aliphatic carbocycles. The van der Waals surface area contributed by atoms with E-state index in [9.17, 15) is 14.4 Å². The lowest BCUT2D eigenvalue weighted by molar-refractivity contribution is -0.169. The largest absolute Gasteiger partial charge is 0.481 e. The number of aliphatic carboxylic acids is 1. The number of esters is 2. The maximum Gasteiger partial charge on any atom is 0.306 e. The van der Waals surface area contributed by atoms with Gasteiger partial charge in [-0.3, -0.25) is 14.4 Å². The van der Waals surface area contributed by atoms with Gasteiger partial charge in [0.05, 0.1) is 0 Å². The van der Waals surface area contributed by atoms with Crippen molar-refractivity contribution in [2.75, 3.05) is 0 Å². The van der Waals surface area contributed by atoms with Crippen LogP contribution >= 0.6 is 0 Å². The molecule has 0 spiro atoms. The Kier molecular flexibility index (Phi) is 27.8. The zero-order valence-corrected chi connectivity index (χ0v) is 26.5. The molecule has 0 aromatic rings. The van der Waals surface area contributed by atoms with E-state index in [0.717, 1.165) is 83.5 Å². The highest BCUT2D eigenvalue weighted by atomic mass is 16.6. The summed E-state index contributed by atoms with van der Waals surface area (Å²) in [6, 6.07) is 0. The second kappa shape index (κ2) is 28.9. The number of hydrogen-bond acceptors (Lipinski definition) is 5. The summed E-state index contributed by atoms with van der Waals surface area (Å²) in [6.45, 7) is 6.58. The number of carbonyl (C=O) groups excluding carboxylic acids is 2. The van der Waals surface area contributed by atoms with Crippen molar-refractivity contribution in [1.29, 1.82) is 0 Å². The molecule has 0 saturated heterocycles. The van der Waals surface area contributed by atoms with Crippen molar-refractivity contribution < 1.29 is 29.0 Å². The quantitative estimate of drug-likeness (QED) is 0.0685. The van der Waals surface area contributed by atoms with E-state index in [1.54, 1.807) is 0 Å². The van der Waals surface area contributed by atoms with Crippen molar-refractivity contribution in [3.63, 3.8) is 0 Å². The Balaban J connectivity index is 5.10. The Bertz CT molecular complexity index is 605. The van der Waals surface area contributed by atoms with E-state index >= 15 is 0 Å². The first-order valence-electron chi connectivity index (χ1n) is 17.0. The van der Waals surface area contributed by atoms with Gasteiger partial charge in [-0.25, -0.2) is 0 Å². The van der Waals surface area contributed by atoms with Crippen molar-refractivity contribution in [1.82, 2.24) is 0 Å². The van der Waals surface area contributed by atoms with Crippen LogP contribution in [-0.4, -0.2) is 35.2 Å². The third kappa shape index (κ3) is 25.4. The van der Waals surface area contributed by atoms with Gasteiger partial charge in [0.2, 0.25) is 0 Å². The van der Waals surface area contributed by atoms with Gasteiger partial charge in [0.25, 0.3) is 0 Å².